The first-order valence-corrected chi connectivity index (χ1v) is 5.98. The Bertz CT molecular complexity index is 601. The summed E-state index contributed by atoms with van der Waals surface area (Å²) in [6.45, 7) is 0. The summed E-state index contributed by atoms with van der Waals surface area (Å²) in [6, 6.07) is 6.38. The molecule has 0 aliphatic carbocycles. The first-order valence-electron chi connectivity index (χ1n) is 5.60. The summed E-state index contributed by atoms with van der Waals surface area (Å²) < 4.78 is 40.8. The molecule has 0 heterocycles. The van der Waals surface area contributed by atoms with Crippen molar-refractivity contribution in [3.05, 3.63) is 70.0 Å². The zero-order valence-electron chi connectivity index (χ0n) is 10.1. The predicted molar refractivity (Wildman–Crippen MR) is 68.7 cm³/mol. The van der Waals surface area contributed by atoms with Crippen LogP contribution in [0.1, 0.15) is 17.2 Å². The molecule has 1 atom stereocenters. The lowest BCUT2D eigenvalue weighted by atomic mass is 9.98. The van der Waals surface area contributed by atoms with Crippen LogP contribution in [-0.4, -0.2) is 7.05 Å². The van der Waals surface area contributed by atoms with E-state index in [0.29, 0.717) is 0 Å². The number of hydrogen-bond acceptors (Lipinski definition) is 1. The van der Waals surface area contributed by atoms with Gasteiger partial charge in [0.05, 0.1) is 6.04 Å². The Labute approximate surface area is 114 Å². The summed E-state index contributed by atoms with van der Waals surface area (Å²) in [5.74, 6) is -1.75. The van der Waals surface area contributed by atoms with Gasteiger partial charge in [-0.3, -0.25) is 0 Å². The molecule has 2 aromatic carbocycles. The van der Waals surface area contributed by atoms with Crippen LogP contribution in [0, 0.1) is 17.5 Å². The molecule has 0 aliphatic heterocycles. The lowest BCUT2D eigenvalue weighted by Crippen LogP contribution is -2.20. The van der Waals surface area contributed by atoms with Crippen molar-refractivity contribution in [3.63, 3.8) is 0 Å². The van der Waals surface area contributed by atoms with Crippen molar-refractivity contribution in [1.29, 1.82) is 0 Å². The fourth-order valence-corrected chi connectivity index (χ4v) is 2.11. The lowest BCUT2D eigenvalue weighted by Gasteiger charge is -2.18. The Morgan fingerprint density at radius 3 is 2.32 bits per heavy atom. The molecule has 100 valence electrons. The Hall–Kier alpha value is -1.52. The number of benzene rings is 2. The third-order valence-electron chi connectivity index (χ3n) is 2.83. The zero-order valence-corrected chi connectivity index (χ0v) is 10.8. The van der Waals surface area contributed by atoms with Crippen molar-refractivity contribution in [2.24, 2.45) is 0 Å². The van der Waals surface area contributed by atoms with Crippen LogP contribution >= 0.6 is 11.6 Å². The fourth-order valence-electron chi connectivity index (χ4n) is 1.95. The first kappa shape index (κ1) is 13.9. The molecule has 0 saturated heterocycles. The van der Waals surface area contributed by atoms with Crippen molar-refractivity contribution in [2.75, 3.05) is 7.05 Å². The topological polar surface area (TPSA) is 12.0 Å². The monoisotopic (exact) mass is 285 g/mol. The van der Waals surface area contributed by atoms with Crippen LogP contribution < -0.4 is 5.32 Å². The van der Waals surface area contributed by atoms with Gasteiger partial charge in [-0.1, -0.05) is 17.7 Å². The number of rotatable bonds is 3. The first-order chi connectivity index (χ1) is 9.02. The molecule has 0 radical (unpaired) electrons. The second-order valence-corrected chi connectivity index (χ2v) is 4.49. The van der Waals surface area contributed by atoms with Crippen LogP contribution in [0.5, 0.6) is 0 Å². The van der Waals surface area contributed by atoms with Gasteiger partial charge in [-0.25, -0.2) is 13.2 Å². The quantitative estimate of drug-likeness (QED) is 0.896. The molecule has 0 fully saturated rings. The highest BCUT2D eigenvalue weighted by Gasteiger charge is 2.20. The van der Waals surface area contributed by atoms with Crippen molar-refractivity contribution in [2.45, 2.75) is 6.04 Å². The normalized spacial score (nSPS) is 12.5. The molecule has 5 heteroatoms. The Kier molecular flexibility index (Phi) is 4.12. The summed E-state index contributed by atoms with van der Waals surface area (Å²) in [5, 5.41) is 3.02. The molecule has 1 N–H and O–H groups in total. The molecule has 2 aromatic rings. The molecule has 2 rings (SSSR count). The molecule has 1 unspecified atom stereocenters. The number of halogens is 4. The standard InChI is InChI=1S/C14H11ClF3N/c1-19-14(10-4-2-8(15)6-13(10)18)11-7-9(16)3-5-12(11)17/h2-7,14,19H,1H3. The van der Waals surface area contributed by atoms with Gasteiger partial charge in [-0.15, -0.1) is 0 Å². The molecular formula is C14H11ClF3N. The maximum Gasteiger partial charge on any atom is 0.129 e. The van der Waals surface area contributed by atoms with E-state index in [0.717, 1.165) is 24.3 Å². The lowest BCUT2D eigenvalue weighted by molar-refractivity contribution is 0.537. The Balaban J connectivity index is 2.52. The van der Waals surface area contributed by atoms with Gasteiger partial charge in [0.15, 0.2) is 0 Å². The number of hydrogen-bond donors (Lipinski definition) is 1. The molecule has 0 bridgehead atoms. The summed E-state index contributed by atoms with van der Waals surface area (Å²) >= 11 is 5.67. The third kappa shape index (κ3) is 2.91. The van der Waals surface area contributed by atoms with E-state index in [2.05, 4.69) is 5.32 Å². The van der Waals surface area contributed by atoms with Crippen LogP contribution in [0.15, 0.2) is 36.4 Å². The summed E-state index contributed by atoms with van der Waals surface area (Å²) in [7, 11) is 1.54. The number of nitrogens with one attached hydrogen (secondary N) is 1. The summed E-state index contributed by atoms with van der Waals surface area (Å²) in [5.41, 5.74) is 0.250. The molecule has 0 aliphatic rings. The van der Waals surface area contributed by atoms with Gasteiger partial charge in [0, 0.05) is 16.1 Å². The second kappa shape index (κ2) is 5.63. The van der Waals surface area contributed by atoms with Gasteiger partial charge in [0.1, 0.15) is 17.5 Å². The van der Waals surface area contributed by atoms with E-state index in [1.54, 1.807) is 7.05 Å². The highest BCUT2D eigenvalue weighted by Crippen LogP contribution is 2.28. The average Bonchev–Trinajstić information content (AvgIpc) is 2.36. The third-order valence-corrected chi connectivity index (χ3v) is 3.07. The van der Waals surface area contributed by atoms with E-state index in [-0.39, 0.29) is 16.1 Å². The largest absolute Gasteiger partial charge is 0.309 e. The minimum Gasteiger partial charge on any atom is -0.309 e. The molecule has 0 saturated carbocycles. The van der Waals surface area contributed by atoms with E-state index in [9.17, 15) is 13.2 Å². The molecular weight excluding hydrogens is 275 g/mol. The summed E-state index contributed by atoms with van der Waals surface area (Å²) in [6.07, 6.45) is 0. The Morgan fingerprint density at radius 1 is 0.947 bits per heavy atom. The van der Waals surface area contributed by atoms with Crippen LogP contribution in [0.25, 0.3) is 0 Å². The van der Waals surface area contributed by atoms with Gasteiger partial charge < -0.3 is 5.32 Å². The van der Waals surface area contributed by atoms with Gasteiger partial charge in [-0.05, 0) is 37.4 Å². The van der Waals surface area contributed by atoms with Gasteiger partial charge >= 0.3 is 0 Å². The van der Waals surface area contributed by atoms with E-state index in [4.69, 9.17) is 11.6 Å². The van der Waals surface area contributed by atoms with Crippen LogP contribution in [0.3, 0.4) is 0 Å². The summed E-state index contributed by atoms with van der Waals surface area (Å²) in [4.78, 5) is 0. The zero-order chi connectivity index (χ0) is 14.0. The van der Waals surface area contributed by atoms with Gasteiger partial charge in [-0.2, -0.15) is 0 Å². The van der Waals surface area contributed by atoms with Crippen molar-refractivity contribution < 1.29 is 13.2 Å². The smallest absolute Gasteiger partial charge is 0.129 e. The fraction of sp³-hybridized carbons (Fsp3) is 0.143. The van der Waals surface area contributed by atoms with E-state index < -0.39 is 23.5 Å². The molecule has 0 aromatic heterocycles. The van der Waals surface area contributed by atoms with E-state index >= 15 is 0 Å². The minimum absolute atomic E-state index is 0.0451. The maximum atomic E-state index is 13.9. The molecule has 0 amide bonds. The van der Waals surface area contributed by atoms with Crippen LogP contribution in [0.2, 0.25) is 5.02 Å². The van der Waals surface area contributed by atoms with Gasteiger partial charge in [0.25, 0.3) is 0 Å². The molecule has 1 nitrogen and oxygen atoms in total. The average molecular weight is 286 g/mol. The predicted octanol–water partition coefficient (Wildman–Crippen LogP) is 4.07. The SMILES string of the molecule is CNC(c1ccc(Cl)cc1F)c1cc(F)ccc1F. The van der Waals surface area contributed by atoms with E-state index in [1.807, 2.05) is 0 Å². The Morgan fingerprint density at radius 2 is 1.68 bits per heavy atom. The van der Waals surface area contributed by atoms with Crippen molar-refractivity contribution in [3.8, 4) is 0 Å². The highest BCUT2D eigenvalue weighted by atomic mass is 35.5. The van der Waals surface area contributed by atoms with Crippen molar-refractivity contribution >= 4 is 11.6 Å². The second-order valence-electron chi connectivity index (χ2n) is 4.05. The molecule has 19 heavy (non-hydrogen) atoms. The molecule has 0 spiro atoms. The van der Waals surface area contributed by atoms with Crippen molar-refractivity contribution in [1.82, 2.24) is 5.32 Å². The minimum atomic E-state index is -0.784. The van der Waals surface area contributed by atoms with Crippen LogP contribution in [0.4, 0.5) is 13.2 Å². The highest BCUT2D eigenvalue weighted by molar-refractivity contribution is 6.30. The van der Waals surface area contributed by atoms with Crippen LogP contribution in [-0.2, 0) is 0 Å². The maximum absolute atomic E-state index is 13.9. The van der Waals surface area contributed by atoms with E-state index in [1.165, 1.54) is 12.1 Å². The van der Waals surface area contributed by atoms with Gasteiger partial charge in [0.2, 0.25) is 0 Å².